The molecule has 0 atom stereocenters. The fraction of sp³-hybridized carbons (Fsp3) is 0. The molecule has 0 bridgehead atoms. The zero-order valence-corrected chi connectivity index (χ0v) is 24.6. The SMILES string of the molecule is c1ccc(-c2ccc3c(c2)oc2ccc(-c4ccc(-c5c6ccccc6c(-c6ccccc6)c6ccccc56)cc4)cc23)cc1. The second-order valence-electron chi connectivity index (χ2n) is 11.7. The van der Waals surface area contributed by atoms with Crippen molar-refractivity contribution in [2.45, 2.75) is 0 Å². The molecular weight excluding hydrogens is 544 g/mol. The van der Waals surface area contributed by atoms with E-state index in [2.05, 4.69) is 164 Å². The van der Waals surface area contributed by atoms with E-state index >= 15 is 0 Å². The molecule has 45 heavy (non-hydrogen) atoms. The summed E-state index contributed by atoms with van der Waals surface area (Å²) in [7, 11) is 0. The largest absolute Gasteiger partial charge is 0.456 e. The number of rotatable bonds is 4. The first-order chi connectivity index (χ1) is 22.3. The molecule has 0 aliphatic heterocycles. The molecule has 1 nitrogen and oxygen atoms in total. The molecule has 0 spiro atoms. The van der Waals surface area contributed by atoms with Gasteiger partial charge in [-0.1, -0.05) is 146 Å². The van der Waals surface area contributed by atoms with Crippen LogP contribution in [0.3, 0.4) is 0 Å². The maximum absolute atomic E-state index is 6.31. The Morgan fingerprint density at radius 3 is 1.27 bits per heavy atom. The van der Waals surface area contributed by atoms with Crippen LogP contribution in [0.4, 0.5) is 0 Å². The predicted octanol–water partition coefficient (Wildman–Crippen LogP) is 12.6. The highest BCUT2D eigenvalue weighted by atomic mass is 16.3. The summed E-state index contributed by atoms with van der Waals surface area (Å²) >= 11 is 0. The summed E-state index contributed by atoms with van der Waals surface area (Å²) in [6.07, 6.45) is 0. The molecule has 0 radical (unpaired) electrons. The first-order valence-corrected chi connectivity index (χ1v) is 15.4. The molecule has 0 N–H and O–H groups in total. The van der Waals surface area contributed by atoms with Gasteiger partial charge in [-0.15, -0.1) is 0 Å². The highest BCUT2D eigenvalue weighted by Crippen LogP contribution is 2.44. The van der Waals surface area contributed by atoms with Gasteiger partial charge in [0.1, 0.15) is 11.2 Å². The van der Waals surface area contributed by atoms with Crippen molar-refractivity contribution in [3.63, 3.8) is 0 Å². The normalized spacial score (nSPS) is 11.6. The Morgan fingerprint density at radius 2 is 0.667 bits per heavy atom. The van der Waals surface area contributed by atoms with Crippen molar-refractivity contribution in [2.24, 2.45) is 0 Å². The van der Waals surface area contributed by atoms with E-state index in [0.29, 0.717) is 0 Å². The van der Waals surface area contributed by atoms with Gasteiger partial charge in [-0.2, -0.15) is 0 Å². The van der Waals surface area contributed by atoms with Gasteiger partial charge < -0.3 is 4.42 Å². The van der Waals surface area contributed by atoms with Gasteiger partial charge in [-0.25, -0.2) is 0 Å². The van der Waals surface area contributed by atoms with Crippen LogP contribution in [0, 0.1) is 0 Å². The van der Waals surface area contributed by atoms with Gasteiger partial charge in [0.15, 0.2) is 0 Å². The van der Waals surface area contributed by atoms with Crippen LogP contribution in [-0.4, -0.2) is 0 Å². The standard InChI is InChI=1S/C44H28O/c1-3-11-29(12-4-1)34-23-25-35-40-27-33(24-26-41(40)45-42(35)28-34)30-19-21-32(22-20-30)44-38-17-9-7-15-36(38)43(31-13-5-2-6-14-31)37-16-8-10-18-39(37)44/h1-28H. The molecule has 210 valence electrons. The third-order valence-electron chi connectivity index (χ3n) is 9.08. The number of hydrogen-bond acceptors (Lipinski definition) is 1. The zero-order chi connectivity index (χ0) is 29.7. The van der Waals surface area contributed by atoms with Gasteiger partial charge in [-0.05, 0) is 90.3 Å². The lowest BCUT2D eigenvalue weighted by atomic mass is 9.86. The molecule has 1 heteroatoms. The Bertz CT molecular complexity index is 2450. The summed E-state index contributed by atoms with van der Waals surface area (Å²) in [6.45, 7) is 0. The van der Waals surface area contributed by atoms with Crippen molar-refractivity contribution < 1.29 is 4.42 Å². The molecule has 1 heterocycles. The van der Waals surface area contributed by atoms with Crippen molar-refractivity contribution >= 4 is 43.5 Å². The highest BCUT2D eigenvalue weighted by molar-refractivity contribution is 6.21. The van der Waals surface area contributed by atoms with Crippen LogP contribution in [0.5, 0.6) is 0 Å². The van der Waals surface area contributed by atoms with Crippen LogP contribution in [0.2, 0.25) is 0 Å². The van der Waals surface area contributed by atoms with E-state index in [-0.39, 0.29) is 0 Å². The van der Waals surface area contributed by atoms with Crippen LogP contribution in [0.1, 0.15) is 0 Å². The molecule has 0 aliphatic rings. The van der Waals surface area contributed by atoms with Crippen LogP contribution in [0.25, 0.3) is 88.0 Å². The van der Waals surface area contributed by atoms with Crippen molar-refractivity contribution in [3.05, 3.63) is 170 Å². The predicted molar refractivity (Wildman–Crippen MR) is 190 cm³/mol. The lowest BCUT2D eigenvalue weighted by Gasteiger charge is -2.18. The van der Waals surface area contributed by atoms with E-state index in [9.17, 15) is 0 Å². The third kappa shape index (κ3) is 4.24. The Kier molecular flexibility index (Phi) is 5.89. The molecule has 8 aromatic carbocycles. The summed E-state index contributed by atoms with van der Waals surface area (Å²) in [6, 6.07) is 60.9. The monoisotopic (exact) mass is 572 g/mol. The van der Waals surface area contributed by atoms with E-state index in [1.165, 1.54) is 60.5 Å². The molecule has 0 saturated carbocycles. The summed E-state index contributed by atoms with van der Waals surface area (Å²) in [5.41, 5.74) is 11.6. The Morgan fingerprint density at radius 1 is 0.244 bits per heavy atom. The zero-order valence-electron chi connectivity index (χ0n) is 24.6. The van der Waals surface area contributed by atoms with E-state index in [1.807, 2.05) is 6.07 Å². The van der Waals surface area contributed by atoms with Crippen LogP contribution >= 0.6 is 0 Å². The van der Waals surface area contributed by atoms with E-state index < -0.39 is 0 Å². The minimum Gasteiger partial charge on any atom is -0.456 e. The minimum atomic E-state index is 0.909. The lowest BCUT2D eigenvalue weighted by molar-refractivity contribution is 0.669. The molecule has 0 saturated heterocycles. The van der Waals surface area contributed by atoms with Gasteiger partial charge in [0.25, 0.3) is 0 Å². The van der Waals surface area contributed by atoms with Gasteiger partial charge in [0.05, 0.1) is 0 Å². The van der Waals surface area contributed by atoms with Gasteiger partial charge in [-0.3, -0.25) is 0 Å². The van der Waals surface area contributed by atoms with Crippen molar-refractivity contribution in [3.8, 4) is 44.5 Å². The highest BCUT2D eigenvalue weighted by Gasteiger charge is 2.16. The molecule has 0 amide bonds. The molecule has 9 rings (SSSR count). The van der Waals surface area contributed by atoms with Gasteiger partial charge in [0.2, 0.25) is 0 Å². The first kappa shape index (κ1) is 25.6. The number of hydrogen-bond donors (Lipinski definition) is 0. The number of fused-ring (bicyclic) bond motifs is 5. The second kappa shape index (κ2) is 10.4. The molecule has 0 unspecified atom stereocenters. The van der Waals surface area contributed by atoms with Crippen LogP contribution in [0.15, 0.2) is 174 Å². The van der Waals surface area contributed by atoms with E-state index in [1.54, 1.807) is 0 Å². The second-order valence-corrected chi connectivity index (χ2v) is 11.7. The third-order valence-corrected chi connectivity index (χ3v) is 9.08. The maximum atomic E-state index is 6.31. The van der Waals surface area contributed by atoms with Gasteiger partial charge >= 0.3 is 0 Å². The summed E-state index contributed by atoms with van der Waals surface area (Å²) < 4.78 is 6.31. The molecule has 0 aliphatic carbocycles. The summed E-state index contributed by atoms with van der Waals surface area (Å²) in [5, 5.41) is 7.36. The maximum Gasteiger partial charge on any atom is 0.136 e. The van der Waals surface area contributed by atoms with Crippen molar-refractivity contribution in [1.82, 2.24) is 0 Å². The minimum absolute atomic E-state index is 0.909. The Hall–Kier alpha value is -5.92. The average molecular weight is 573 g/mol. The summed E-state index contributed by atoms with van der Waals surface area (Å²) in [5.74, 6) is 0. The topological polar surface area (TPSA) is 13.1 Å². The Labute approximate surface area is 261 Å². The molecule has 1 aromatic heterocycles. The van der Waals surface area contributed by atoms with Crippen LogP contribution in [-0.2, 0) is 0 Å². The first-order valence-electron chi connectivity index (χ1n) is 15.4. The van der Waals surface area contributed by atoms with E-state index in [4.69, 9.17) is 4.42 Å². The van der Waals surface area contributed by atoms with Crippen molar-refractivity contribution in [2.75, 3.05) is 0 Å². The smallest absolute Gasteiger partial charge is 0.136 e. The van der Waals surface area contributed by atoms with Crippen LogP contribution < -0.4 is 0 Å². The summed E-state index contributed by atoms with van der Waals surface area (Å²) in [4.78, 5) is 0. The fourth-order valence-corrected chi connectivity index (χ4v) is 6.95. The van der Waals surface area contributed by atoms with E-state index in [0.717, 1.165) is 27.5 Å². The Balaban J connectivity index is 1.15. The number of benzene rings is 8. The number of furan rings is 1. The fourth-order valence-electron chi connectivity index (χ4n) is 6.95. The lowest BCUT2D eigenvalue weighted by Crippen LogP contribution is -1.90. The quantitative estimate of drug-likeness (QED) is 0.191. The molecule has 0 fully saturated rings. The molecular formula is C44H28O. The van der Waals surface area contributed by atoms with Crippen molar-refractivity contribution in [1.29, 1.82) is 0 Å². The van der Waals surface area contributed by atoms with Gasteiger partial charge in [0, 0.05) is 10.8 Å². The average Bonchev–Trinajstić information content (AvgIpc) is 3.48. The molecule has 9 aromatic rings.